The van der Waals surface area contributed by atoms with Gasteiger partial charge in [-0.25, -0.2) is 0 Å². The molecule has 0 fully saturated rings. The summed E-state index contributed by atoms with van der Waals surface area (Å²) in [4.78, 5) is 11.2. The quantitative estimate of drug-likeness (QED) is 0.796. The van der Waals surface area contributed by atoms with Crippen LogP contribution >= 0.6 is 11.6 Å². The van der Waals surface area contributed by atoms with Crippen LogP contribution in [0.2, 0.25) is 5.02 Å². The highest BCUT2D eigenvalue weighted by Crippen LogP contribution is 2.26. The maximum Gasteiger partial charge on any atom is 0.253 e. The normalized spacial score (nSPS) is 10.4. The number of hydrogen-bond acceptors (Lipinski definition) is 5. The molecule has 0 aliphatic heterocycles. The van der Waals surface area contributed by atoms with Crippen LogP contribution in [0.5, 0.6) is 5.75 Å². The van der Waals surface area contributed by atoms with Crippen LogP contribution in [-0.4, -0.2) is 16.0 Å². The highest BCUT2D eigenvalue weighted by atomic mass is 35.5. The summed E-state index contributed by atoms with van der Waals surface area (Å²) < 4.78 is 10.6. The number of nitrogens with zero attached hydrogens (tertiary/aromatic N) is 2. The Kier molecular flexibility index (Phi) is 3.62. The summed E-state index contributed by atoms with van der Waals surface area (Å²) in [5, 5.41) is 7.86. The number of benzene rings is 1. The summed E-state index contributed by atoms with van der Waals surface area (Å²) in [5.41, 5.74) is 0.543. The Labute approximate surface area is 109 Å². The van der Waals surface area contributed by atoms with E-state index in [0.29, 0.717) is 28.1 Å². The van der Waals surface area contributed by atoms with Crippen LogP contribution in [-0.2, 0) is 6.61 Å². The highest BCUT2D eigenvalue weighted by Gasteiger charge is 2.08. The van der Waals surface area contributed by atoms with Crippen molar-refractivity contribution >= 4 is 17.4 Å². The van der Waals surface area contributed by atoms with Gasteiger partial charge in [0.05, 0.1) is 5.02 Å². The van der Waals surface area contributed by atoms with Gasteiger partial charge in [-0.2, -0.15) is 0 Å². The van der Waals surface area contributed by atoms with Crippen molar-refractivity contribution in [3.05, 3.63) is 40.6 Å². The first-order valence-corrected chi connectivity index (χ1v) is 5.66. The van der Waals surface area contributed by atoms with Crippen molar-refractivity contribution in [1.29, 1.82) is 0 Å². The number of rotatable bonds is 4. The Bertz CT molecular complexity index is 580. The summed E-state index contributed by atoms with van der Waals surface area (Å²) >= 11 is 6.00. The lowest BCUT2D eigenvalue weighted by Crippen LogP contribution is -1.98. The summed E-state index contributed by atoms with van der Waals surface area (Å²) in [6.07, 6.45) is 0. The minimum Gasteiger partial charge on any atom is -0.482 e. The maximum absolute atomic E-state index is 11.2. The molecule has 2 aromatic rings. The Hall–Kier alpha value is -1.88. The summed E-state index contributed by atoms with van der Waals surface area (Å²) in [7, 11) is 0. The molecule has 0 atom stereocenters. The van der Waals surface area contributed by atoms with Crippen LogP contribution in [0, 0.1) is 6.92 Å². The third-order valence-electron chi connectivity index (χ3n) is 2.26. The van der Waals surface area contributed by atoms with Crippen molar-refractivity contribution in [2.75, 3.05) is 0 Å². The molecule has 6 heteroatoms. The van der Waals surface area contributed by atoms with Gasteiger partial charge in [-0.1, -0.05) is 11.6 Å². The fourth-order valence-corrected chi connectivity index (χ4v) is 1.61. The summed E-state index contributed by atoms with van der Waals surface area (Å²) in [6, 6.07) is 4.86. The van der Waals surface area contributed by atoms with Crippen molar-refractivity contribution in [1.82, 2.24) is 10.2 Å². The lowest BCUT2D eigenvalue weighted by atomic mass is 10.1. The Morgan fingerprint density at radius 1 is 1.44 bits per heavy atom. The van der Waals surface area contributed by atoms with E-state index in [1.54, 1.807) is 25.1 Å². The smallest absolute Gasteiger partial charge is 0.253 e. The number of ketones is 1. The van der Waals surface area contributed by atoms with Crippen LogP contribution in [0.1, 0.15) is 29.1 Å². The zero-order valence-corrected chi connectivity index (χ0v) is 10.7. The van der Waals surface area contributed by atoms with Crippen LogP contribution in [0.25, 0.3) is 0 Å². The topological polar surface area (TPSA) is 65.2 Å². The predicted molar refractivity (Wildman–Crippen MR) is 64.8 cm³/mol. The standard InChI is InChI=1S/C12H11ClN2O3/c1-7(16)9-3-4-11(10(13)5-9)17-6-12-15-14-8(2)18-12/h3-5H,6H2,1-2H3. The molecular formula is C12H11ClN2O3. The fraction of sp³-hybridized carbons (Fsp3) is 0.250. The van der Waals surface area contributed by atoms with Crippen molar-refractivity contribution in [2.45, 2.75) is 20.5 Å². The van der Waals surface area contributed by atoms with Gasteiger partial charge < -0.3 is 9.15 Å². The van der Waals surface area contributed by atoms with Crippen LogP contribution in [0.15, 0.2) is 22.6 Å². The third kappa shape index (κ3) is 2.87. The van der Waals surface area contributed by atoms with Gasteiger partial charge in [0.15, 0.2) is 12.4 Å². The van der Waals surface area contributed by atoms with E-state index in [1.165, 1.54) is 6.92 Å². The van der Waals surface area contributed by atoms with E-state index >= 15 is 0 Å². The molecule has 0 saturated heterocycles. The first-order chi connectivity index (χ1) is 8.56. The molecule has 0 radical (unpaired) electrons. The van der Waals surface area contributed by atoms with Gasteiger partial charge in [0.2, 0.25) is 5.89 Å². The minimum atomic E-state index is -0.0454. The van der Waals surface area contributed by atoms with E-state index < -0.39 is 0 Å². The maximum atomic E-state index is 11.2. The molecule has 0 aliphatic carbocycles. The second kappa shape index (κ2) is 5.18. The molecular weight excluding hydrogens is 256 g/mol. The van der Waals surface area contributed by atoms with Crippen molar-refractivity contribution < 1.29 is 13.9 Å². The van der Waals surface area contributed by atoms with Crippen LogP contribution in [0.3, 0.4) is 0 Å². The molecule has 0 amide bonds. The Morgan fingerprint density at radius 2 is 2.22 bits per heavy atom. The van der Waals surface area contributed by atoms with E-state index in [9.17, 15) is 4.79 Å². The Morgan fingerprint density at radius 3 is 2.78 bits per heavy atom. The summed E-state index contributed by atoms with van der Waals surface area (Å²) in [5.74, 6) is 1.28. The molecule has 0 saturated carbocycles. The number of halogens is 1. The van der Waals surface area contributed by atoms with E-state index in [-0.39, 0.29) is 12.4 Å². The average Bonchev–Trinajstić information content (AvgIpc) is 2.73. The third-order valence-corrected chi connectivity index (χ3v) is 2.55. The molecule has 0 N–H and O–H groups in total. The molecule has 1 aromatic carbocycles. The fourth-order valence-electron chi connectivity index (χ4n) is 1.37. The number of Topliss-reactive ketones (excluding diaryl/α,β-unsaturated/α-hetero) is 1. The molecule has 0 aliphatic rings. The molecule has 1 heterocycles. The molecule has 0 unspecified atom stereocenters. The minimum absolute atomic E-state index is 0.0454. The van der Waals surface area contributed by atoms with Gasteiger partial charge >= 0.3 is 0 Å². The number of carbonyl (C=O) groups is 1. The van der Waals surface area contributed by atoms with Crippen molar-refractivity contribution in [3.8, 4) is 5.75 Å². The first-order valence-electron chi connectivity index (χ1n) is 5.28. The number of hydrogen-bond donors (Lipinski definition) is 0. The van der Waals surface area contributed by atoms with Gasteiger partial charge in [0.25, 0.3) is 5.89 Å². The predicted octanol–water partition coefficient (Wildman–Crippen LogP) is 2.81. The van der Waals surface area contributed by atoms with Gasteiger partial charge in [-0.05, 0) is 25.1 Å². The highest BCUT2D eigenvalue weighted by molar-refractivity contribution is 6.32. The van der Waals surface area contributed by atoms with Crippen molar-refractivity contribution in [2.24, 2.45) is 0 Å². The second-order valence-electron chi connectivity index (χ2n) is 3.70. The number of aromatic nitrogens is 2. The largest absolute Gasteiger partial charge is 0.482 e. The van der Waals surface area contributed by atoms with Crippen molar-refractivity contribution in [3.63, 3.8) is 0 Å². The monoisotopic (exact) mass is 266 g/mol. The van der Waals surface area contributed by atoms with Gasteiger partial charge in [0.1, 0.15) is 5.75 Å². The summed E-state index contributed by atoms with van der Waals surface area (Å²) in [6.45, 7) is 3.32. The van der Waals surface area contributed by atoms with Gasteiger partial charge in [-0.3, -0.25) is 4.79 Å². The average molecular weight is 267 g/mol. The zero-order chi connectivity index (χ0) is 13.1. The zero-order valence-electron chi connectivity index (χ0n) is 9.94. The van der Waals surface area contributed by atoms with Gasteiger partial charge in [-0.15, -0.1) is 10.2 Å². The van der Waals surface area contributed by atoms with E-state index in [0.717, 1.165) is 0 Å². The number of carbonyl (C=O) groups excluding carboxylic acids is 1. The molecule has 94 valence electrons. The molecule has 0 bridgehead atoms. The molecule has 1 aromatic heterocycles. The molecule has 0 spiro atoms. The van der Waals surface area contributed by atoms with Crippen LogP contribution < -0.4 is 4.74 Å². The molecule has 18 heavy (non-hydrogen) atoms. The SMILES string of the molecule is CC(=O)c1ccc(OCc2nnc(C)o2)c(Cl)c1. The number of ether oxygens (including phenoxy) is 1. The van der Waals surface area contributed by atoms with E-state index in [1.807, 2.05) is 0 Å². The number of aryl methyl sites for hydroxylation is 1. The van der Waals surface area contributed by atoms with E-state index in [4.69, 9.17) is 20.8 Å². The lowest BCUT2D eigenvalue weighted by Gasteiger charge is -2.06. The van der Waals surface area contributed by atoms with E-state index in [2.05, 4.69) is 10.2 Å². The Balaban J connectivity index is 2.08. The van der Waals surface area contributed by atoms with Crippen LogP contribution in [0.4, 0.5) is 0 Å². The second-order valence-corrected chi connectivity index (χ2v) is 4.11. The molecule has 2 rings (SSSR count). The van der Waals surface area contributed by atoms with Gasteiger partial charge in [0, 0.05) is 12.5 Å². The molecule has 5 nitrogen and oxygen atoms in total. The lowest BCUT2D eigenvalue weighted by molar-refractivity contribution is 0.101. The first kappa shape index (κ1) is 12.6.